The maximum absolute atomic E-state index is 5.39. The van der Waals surface area contributed by atoms with E-state index in [9.17, 15) is 0 Å². The highest BCUT2D eigenvalue weighted by Crippen LogP contribution is 2.14. The Bertz CT molecular complexity index is 397. The van der Waals surface area contributed by atoms with E-state index in [-0.39, 0.29) is 12.0 Å². The summed E-state index contributed by atoms with van der Waals surface area (Å²) in [7, 11) is 0. The van der Waals surface area contributed by atoms with Gasteiger partial charge >= 0.3 is 6.01 Å². The zero-order valence-corrected chi connectivity index (χ0v) is 11.1. The Kier molecular flexibility index (Phi) is 5.10. The zero-order chi connectivity index (χ0) is 13.5. The minimum atomic E-state index is 0.273. The molecule has 0 bridgehead atoms. The molecule has 0 spiro atoms. The van der Waals surface area contributed by atoms with E-state index in [1.165, 1.54) is 0 Å². The number of nitrogens with one attached hydrogen (secondary N) is 2. The lowest BCUT2D eigenvalue weighted by Crippen LogP contribution is -2.18. The van der Waals surface area contributed by atoms with E-state index in [4.69, 9.17) is 15.3 Å². The van der Waals surface area contributed by atoms with Gasteiger partial charge in [-0.15, -0.1) is 0 Å². The minimum absolute atomic E-state index is 0.273. The Morgan fingerprint density at radius 2 is 2.21 bits per heavy atom. The Hall–Kier alpha value is -1.67. The fraction of sp³-hybridized carbons (Fsp3) is 0.727. The van der Waals surface area contributed by atoms with Crippen LogP contribution in [0.15, 0.2) is 0 Å². The maximum Gasteiger partial charge on any atom is 0.323 e. The molecule has 2 rings (SSSR count). The van der Waals surface area contributed by atoms with Gasteiger partial charge in [0.15, 0.2) is 0 Å². The van der Waals surface area contributed by atoms with Crippen LogP contribution in [0.25, 0.3) is 0 Å². The van der Waals surface area contributed by atoms with Crippen molar-refractivity contribution in [2.45, 2.75) is 19.8 Å². The molecule has 2 heterocycles. The summed E-state index contributed by atoms with van der Waals surface area (Å²) >= 11 is 0. The van der Waals surface area contributed by atoms with Gasteiger partial charge in [0.05, 0.1) is 13.2 Å². The number of nitrogens with zero attached hydrogens (tertiary/aromatic N) is 3. The maximum atomic E-state index is 5.39. The van der Waals surface area contributed by atoms with E-state index < -0.39 is 0 Å². The monoisotopic (exact) mass is 268 g/mol. The summed E-state index contributed by atoms with van der Waals surface area (Å²) in [6, 6.07) is 0.273. The number of ether oxygens (including phenoxy) is 2. The van der Waals surface area contributed by atoms with Crippen LogP contribution in [0.2, 0.25) is 0 Å². The van der Waals surface area contributed by atoms with Crippen LogP contribution in [0.5, 0.6) is 6.01 Å². The van der Waals surface area contributed by atoms with Crippen LogP contribution in [0.4, 0.5) is 11.9 Å². The molecule has 0 saturated carbocycles. The van der Waals surface area contributed by atoms with Gasteiger partial charge < -0.3 is 14.8 Å². The van der Waals surface area contributed by atoms with Crippen LogP contribution in [0, 0.1) is 5.92 Å². The fourth-order valence-corrected chi connectivity index (χ4v) is 1.74. The first-order valence-corrected chi connectivity index (χ1v) is 6.49. The van der Waals surface area contributed by atoms with Gasteiger partial charge in [0, 0.05) is 19.1 Å². The Morgan fingerprint density at radius 1 is 1.37 bits per heavy atom. The van der Waals surface area contributed by atoms with Gasteiger partial charge in [-0.1, -0.05) is 6.92 Å². The molecule has 1 atom stereocenters. The molecular formula is C11H20N6O2. The van der Waals surface area contributed by atoms with Crippen LogP contribution in [-0.4, -0.2) is 41.3 Å². The van der Waals surface area contributed by atoms with Gasteiger partial charge in [-0.25, -0.2) is 5.84 Å². The summed E-state index contributed by atoms with van der Waals surface area (Å²) < 4.78 is 10.7. The van der Waals surface area contributed by atoms with Gasteiger partial charge in [0.25, 0.3) is 0 Å². The summed E-state index contributed by atoms with van der Waals surface area (Å²) in [4.78, 5) is 12.3. The first-order chi connectivity index (χ1) is 9.31. The van der Waals surface area contributed by atoms with Crippen LogP contribution < -0.4 is 21.3 Å². The van der Waals surface area contributed by atoms with Gasteiger partial charge in [-0.2, -0.15) is 15.0 Å². The summed E-state index contributed by atoms with van der Waals surface area (Å²) in [6.07, 6.45) is 1.94. The van der Waals surface area contributed by atoms with Gasteiger partial charge in [0.1, 0.15) is 0 Å². The van der Waals surface area contributed by atoms with Crippen molar-refractivity contribution < 1.29 is 9.47 Å². The number of nitrogen functional groups attached to an aromatic ring is 1. The molecule has 106 valence electrons. The predicted molar refractivity (Wildman–Crippen MR) is 70.8 cm³/mol. The van der Waals surface area contributed by atoms with E-state index in [1.807, 2.05) is 6.92 Å². The number of hydrogen-bond acceptors (Lipinski definition) is 8. The van der Waals surface area contributed by atoms with Crippen LogP contribution >= 0.6 is 0 Å². The molecule has 1 saturated heterocycles. The average Bonchev–Trinajstić information content (AvgIpc) is 2.96. The van der Waals surface area contributed by atoms with Gasteiger partial charge in [-0.3, -0.25) is 5.43 Å². The van der Waals surface area contributed by atoms with E-state index >= 15 is 0 Å². The van der Waals surface area contributed by atoms with Gasteiger partial charge in [-0.05, 0) is 12.8 Å². The lowest BCUT2D eigenvalue weighted by molar-refractivity contribution is 0.187. The zero-order valence-electron chi connectivity index (χ0n) is 11.1. The third-order valence-electron chi connectivity index (χ3n) is 2.75. The van der Waals surface area contributed by atoms with Crippen molar-refractivity contribution in [3.8, 4) is 6.01 Å². The number of rotatable bonds is 7. The third kappa shape index (κ3) is 4.18. The molecule has 1 aromatic heterocycles. The predicted octanol–water partition coefficient (Wildman–Crippen LogP) is 0.394. The highest BCUT2D eigenvalue weighted by Gasteiger charge is 2.16. The normalized spacial score (nSPS) is 18.3. The molecule has 1 aliphatic rings. The lowest BCUT2D eigenvalue weighted by Gasteiger charge is -2.11. The van der Waals surface area contributed by atoms with Crippen molar-refractivity contribution in [2.75, 3.05) is 37.1 Å². The minimum Gasteiger partial charge on any atom is -0.463 e. The van der Waals surface area contributed by atoms with Crippen molar-refractivity contribution in [1.29, 1.82) is 0 Å². The molecule has 19 heavy (non-hydrogen) atoms. The van der Waals surface area contributed by atoms with E-state index in [2.05, 4.69) is 25.7 Å². The molecule has 1 fully saturated rings. The smallest absolute Gasteiger partial charge is 0.323 e. The topological polar surface area (TPSA) is 107 Å². The molecule has 8 heteroatoms. The third-order valence-corrected chi connectivity index (χ3v) is 2.75. The second-order valence-electron chi connectivity index (χ2n) is 4.37. The second kappa shape index (κ2) is 7.05. The Labute approximate surface area is 112 Å². The quantitative estimate of drug-likeness (QED) is 0.481. The standard InChI is InChI=1S/C11H20N6O2/c1-2-4-19-11-15-9(14-10(16-11)17-12)13-6-8-3-5-18-7-8/h8H,2-7,12H2,1H3,(H2,13,14,15,16,17). The first-order valence-electron chi connectivity index (χ1n) is 6.49. The molecule has 0 aliphatic carbocycles. The van der Waals surface area contributed by atoms with E-state index in [1.54, 1.807) is 0 Å². The van der Waals surface area contributed by atoms with Crippen molar-refractivity contribution in [3.63, 3.8) is 0 Å². The second-order valence-corrected chi connectivity index (χ2v) is 4.37. The van der Waals surface area contributed by atoms with Crippen molar-refractivity contribution in [3.05, 3.63) is 0 Å². The highest BCUT2D eigenvalue weighted by atomic mass is 16.5. The van der Waals surface area contributed by atoms with Crippen LogP contribution in [0.1, 0.15) is 19.8 Å². The first kappa shape index (κ1) is 13.8. The SMILES string of the molecule is CCCOc1nc(NN)nc(NCC2CCOC2)n1. The van der Waals surface area contributed by atoms with Crippen LogP contribution in [-0.2, 0) is 4.74 Å². The number of nitrogens with two attached hydrogens (primary N) is 1. The van der Waals surface area contributed by atoms with Gasteiger partial charge in [0.2, 0.25) is 11.9 Å². The number of hydrazine groups is 1. The highest BCUT2D eigenvalue weighted by molar-refractivity contribution is 5.34. The molecule has 0 radical (unpaired) electrons. The Balaban J connectivity index is 1.96. The molecule has 4 N–H and O–H groups in total. The molecule has 1 unspecified atom stereocenters. The number of hydrogen-bond donors (Lipinski definition) is 3. The largest absolute Gasteiger partial charge is 0.463 e. The molecular weight excluding hydrogens is 248 g/mol. The molecule has 1 aromatic rings. The number of anilines is 2. The van der Waals surface area contributed by atoms with Crippen molar-refractivity contribution in [1.82, 2.24) is 15.0 Å². The summed E-state index contributed by atoms with van der Waals surface area (Å²) in [6.45, 7) is 4.94. The molecule has 0 aromatic carbocycles. The number of aromatic nitrogens is 3. The average molecular weight is 268 g/mol. The molecule has 0 amide bonds. The fourth-order valence-electron chi connectivity index (χ4n) is 1.74. The Morgan fingerprint density at radius 3 is 2.89 bits per heavy atom. The van der Waals surface area contributed by atoms with E-state index in [0.717, 1.165) is 32.6 Å². The van der Waals surface area contributed by atoms with E-state index in [0.29, 0.717) is 18.5 Å². The van der Waals surface area contributed by atoms with Crippen molar-refractivity contribution in [2.24, 2.45) is 11.8 Å². The summed E-state index contributed by atoms with van der Waals surface area (Å²) in [5, 5.41) is 3.16. The summed E-state index contributed by atoms with van der Waals surface area (Å²) in [5.41, 5.74) is 2.41. The van der Waals surface area contributed by atoms with Crippen LogP contribution in [0.3, 0.4) is 0 Å². The lowest BCUT2D eigenvalue weighted by atomic mass is 10.1. The molecule has 8 nitrogen and oxygen atoms in total. The van der Waals surface area contributed by atoms with Crippen molar-refractivity contribution >= 4 is 11.9 Å². The summed E-state index contributed by atoms with van der Waals surface area (Å²) in [5.74, 6) is 6.56. The molecule has 1 aliphatic heterocycles.